The fourth-order valence-corrected chi connectivity index (χ4v) is 2.97. The third kappa shape index (κ3) is 2.49. The number of nitrogens with one attached hydrogen (secondary N) is 1. The lowest BCUT2D eigenvalue weighted by molar-refractivity contribution is 0.193. The third-order valence-electron chi connectivity index (χ3n) is 4.15. The van der Waals surface area contributed by atoms with E-state index in [1.54, 1.807) is 6.33 Å². The van der Waals surface area contributed by atoms with Crippen molar-refractivity contribution in [3.8, 4) is 0 Å². The van der Waals surface area contributed by atoms with Crippen molar-refractivity contribution in [3.63, 3.8) is 0 Å². The topological polar surface area (TPSA) is 77.8 Å². The molecular formula is C14H18N6O. The number of ether oxygens (including phenoxy) is 1. The Morgan fingerprint density at radius 3 is 3.24 bits per heavy atom. The van der Waals surface area contributed by atoms with E-state index in [0.29, 0.717) is 12.5 Å². The summed E-state index contributed by atoms with van der Waals surface area (Å²) in [6.45, 7) is 3.25. The molecule has 2 aromatic heterocycles. The van der Waals surface area contributed by atoms with Gasteiger partial charge in [0.15, 0.2) is 5.82 Å². The van der Waals surface area contributed by atoms with E-state index in [9.17, 15) is 0 Å². The van der Waals surface area contributed by atoms with E-state index in [0.717, 1.165) is 62.2 Å². The molecule has 0 aromatic carbocycles. The molecule has 1 N–H and O–H groups in total. The number of aryl methyl sites for hydroxylation is 1. The maximum atomic E-state index is 5.42. The summed E-state index contributed by atoms with van der Waals surface area (Å²) in [5.74, 6) is 3.30. The van der Waals surface area contributed by atoms with E-state index < -0.39 is 0 Å². The van der Waals surface area contributed by atoms with Gasteiger partial charge in [-0.3, -0.25) is 0 Å². The Bertz CT molecular complexity index is 634. The molecule has 110 valence electrons. The molecule has 0 amide bonds. The van der Waals surface area contributed by atoms with Crippen LogP contribution in [0.15, 0.2) is 12.4 Å². The molecule has 0 radical (unpaired) electrons. The first kappa shape index (κ1) is 12.7. The van der Waals surface area contributed by atoms with E-state index in [-0.39, 0.29) is 0 Å². The zero-order valence-electron chi connectivity index (χ0n) is 11.8. The van der Waals surface area contributed by atoms with Crippen LogP contribution < -0.4 is 5.32 Å². The average molecular weight is 286 g/mol. The Labute approximate surface area is 122 Å². The Balaban J connectivity index is 1.45. The Morgan fingerprint density at radius 1 is 1.33 bits per heavy atom. The van der Waals surface area contributed by atoms with Gasteiger partial charge in [-0.2, -0.15) is 0 Å². The van der Waals surface area contributed by atoms with Crippen molar-refractivity contribution in [1.82, 2.24) is 24.7 Å². The van der Waals surface area contributed by atoms with Gasteiger partial charge >= 0.3 is 0 Å². The van der Waals surface area contributed by atoms with Gasteiger partial charge in [0.05, 0.1) is 18.8 Å². The number of hydrogen-bond acceptors (Lipinski definition) is 6. The number of hydrogen-bond donors (Lipinski definition) is 1. The summed E-state index contributed by atoms with van der Waals surface area (Å²) in [7, 11) is 0. The molecule has 0 unspecified atom stereocenters. The molecule has 7 heteroatoms. The molecule has 0 bridgehead atoms. The predicted octanol–water partition coefficient (Wildman–Crippen LogP) is 1.13. The van der Waals surface area contributed by atoms with Crippen molar-refractivity contribution in [2.24, 2.45) is 0 Å². The highest BCUT2D eigenvalue weighted by Gasteiger charge is 2.20. The summed E-state index contributed by atoms with van der Waals surface area (Å²) in [4.78, 5) is 8.64. The van der Waals surface area contributed by atoms with Gasteiger partial charge in [-0.15, -0.1) is 10.2 Å². The van der Waals surface area contributed by atoms with Crippen LogP contribution in [0.2, 0.25) is 0 Å². The molecule has 2 aliphatic heterocycles. The monoisotopic (exact) mass is 286 g/mol. The van der Waals surface area contributed by atoms with Gasteiger partial charge in [-0.1, -0.05) is 0 Å². The number of nitrogens with zero attached hydrogens (tertiary/aromatic N) is 5. The number of rotatable bonds is 4. The number of fused-ring (bicyclic) bond motifs is 1. The zero-order chi connectivity index (χ0) is 14.1. The van der Waals surface area contributed by atoms with E-state index in [1.165, 1.54) is 0 Å². The largest absolute Gasteiger partial charge is 0.381 e. The molecule has 1 atom stereocenters. The second kappa shape index (κ2) is 5.40. The molecule has 7 nitrogen and oxygen atoms in total. The highest BCUT2D eigenvalue weighted by molar-refractivity contribution is 5.36. The van der Waals surface area contributed by atoms with Crippen LogP contribution in [-0.2, 0) is 24.2 Å². The summed E-state index contributed by atoms with van der Waals surface area (Å²) in [6, 6.07) is 2.01. The molecule has 21 heavy (non-hydrogen) atoms. The first-order valence-corrected chi connectivity index (χ1v) is 7.44. The van der Waals surface area contributed by atoms with Gasteiger partial charge in [-0.25, -0.2) is 9.97 Å². The number of aromatic nitrogens is 5. The maximum Gasteiger partial charge on any atom is 0.152 e. The Hall–Kier alpha value is -2.02. The molecule has 1 saturated heterocycles. The first-order chi connectivity index (χ1) is 10.4. The van der Waals surface area contributed by atoms with E-state index >= 15 is 0 Å². The minimum absolute atomic E-state index is 0.394. The van der Waals surface area contributed by atoms with E-state index in [2.05, 4.69) is 30.0 Å². The molecule has 4 heterocycles. The molecule has 0 spiro atoms. The van der Waals surface area contributed by atoms with Crippen LogP contribution in [0.25, 0.3) is 0 Å². The second-order valence-electron chi connectivity index (χ2n) is 5.53. The minimum Gasteiger partial charge on any atom is -0.381 e. The van der Waals surface area contributed by atoms with Gasteiger partial charge in [0.25, 0.3) is 0 Å². The Kier molecular flexibility index (Phi) is 3.27. The van der Waals surface area contributed by atoms with Crippen molar-refractivity contribution in [2.75, 3.05) is 18.5 Å². The standard InChI is InChI=1S/C14H18N6O/c1-2-13-18-19-14(20(13)4-1)7-15-12-6-11(16-9-17-12)10-3-5-21-8-10/h6,9-10H,1-5,7-8H2,(H,15,16,17)/t10-/m0/s1. The Morgan fingerprint density at radius 2 is 2.33 bits per heavy atom. The predicted molar refractivity (Wildman–Crippen MR) is 75.9 cm³/mol. The van der Waals surface area contributed by atoms with Gasteiger partial charge in [0.1, 0.15) is 18.0 Å². The smallest absolute Gasteiger partial charge is 0.152 e. The SMILES string of the molecule is c1nc(NCc2nnc3n2CCC3)cc([C@H]2CCOC2)n1. The van der Waals surface area contributed by atoms with Crippen LogP contribution in [-0.4, -0.2) is 37.9 Å². The van der Waals surface area contributed by atoms with Crippen LogP contribution in [0.4, 0.5) is 5.82 Å². The molecule has 0 aliphatic carbocycles. The van der Waals surface area contributed by atoms with E-state index in [4.69, 9.17) is 4.74 Å². The molecular weight excluding hydrogens is 268 g/mol. The van der Waals surface area contributed by atoms with Gasteiger partial charge < -0.3 is 14.6 Å². The molecule has 2 aromatic rings. The van der Waals surface area contributed by atoms with Gasteiger partial charge in [0.2, 0.25) is 0 Å². The first-order valence-electron chi connectivity index (χ1n) is 7.44. The summed E-state index contributed by atoms with van der Waals surface area (Å²) >= 11 is 0. The highest BCUT2D eigenvalue weighted by atomic mass is 16.5. The van der Waals surface area contributed by atoms with Crippen LogP contribution in [0.1, 0.15) is 36.1 Å². The van der Waals surface area contributed by atoms with Crippen LogP contribution in [0, 0.1) is 0 Å². The average Bonchev–Trinajstić information content (AvgIpc) is 3.23. The van der Waals surface area contributed by atoms with Gasteiger partial charge in [-0.05, 0) is 12.8 Å². The number of anilines is 1. The zero-order valence-corrected chi connectivity index (χ0v) is 11.8. The summed E-state index contributed by atoms with van der Waals surface area (Å²) < 4.78 is 7.61. The van der Waals surface area contributed by atoms with Crippen LogP contribution in [0.3, 0.4) is 0 Å². The summed E-state index contributed by atoms with van der Waals surface area (Å²) in [6.07, 6.45) is 4.85. The molecule has 1 fully saturated rings. The lowest BCUT2D eigenvalue weighted by atomic mass is 10.1. The van der Waals surface area contributed by atoms with Crippen LogP contribution >= 0.6 is 0 Å². The van der Waals surface area contributed by atoms with Gasteiger partial charge in [0, 0.05) is 31.6 Å². The fraction of sp³-hybridized carbons (Fsp3) is 0.571. The maximum absolute atomic E-state index is 5.42. The normalized spacial score (nSPS) is 20.7. The van der Waals surface area contributed by atoms with Crippen molar-refractivity contribution >= 4 is 5.82 Å². The van der Waals surface area contributed by atoms with Crippen molar-refractivity contribution < 1.29 is 4.74 Å². The lowest BCUT2D eigenvalue weighted by Crippen LogP contribution is -2.10. The lowest BCUT2D eigenvalue weighted by Gasteiger charge is -2.10. The van der Waals surface area contributed by atoms with Crippen molar-refractivity contribution in [1.29, 1.82) is 0 Å². The second-order valence-corrected chi connectivity index (χ2v) is 5.53. The third-order valence-corrected chi connectivity index (χ3v) is 4.15. The minimum atomic E-state index is 0.394. The molecule has 0 saturated carbocycles. The van der Waals surface area contributed by atoms with Crippen molar-refractivity contribution in [2.45, 2.75) is 38.3 Å². The molecule has 2 aliphatic rings. The van der Waals surface area contributed by atoms with Crippen molar-refractivity contribution in [3.05, 3.63) is 29.7 Å². The molecule has 4 rings (SSSR count). The van der Waals surface area contributed by atoms with Crippen LogP contribution in [0.5, 0.6) is 0 Å². The van der Waals surface area contributed by atoms with E-state index in [1.807, 2.05) is 6.07 Å². The quantitative estimate of drug-likeness (QED) is 0.908. The fourth-order valence-electron chi connectivity index (χ4n) is 2.97. The summed E-state index contributed by atoms with van der Waals surface area (Å²) in [5.41, 5.74) is 1.05. The highest BCUT2D eigenvalue weighted by Crippen LogP contribution is 2.24. The summed E-state index contributed by atoms with van der Waals surface area (Å²) in [5, 5.41) is 11.8.